The number of rotatable bonds is 1. The average molecular weight is 248 g/mol. The minimum atomic E-state index is -0.537. The molecule has 1 aliphatic rings. The first-order valence-corrected chi connectivity index (χ1v) is 5.96. The normalized spacial score (nSPS) is 19.4. The van der Waals surface area contributed by atoms with Crippen LogP contribution in [0.3, 0.4) is 0 Å². The highest BCUT2D eigenvalue weighted by atomic mass is 19.1. The Balaban J connectivity index is 1.89. The van der Waals surface area contributed by atoms with E-state index in [9.17, 15) is 4.39 Å². The van der Waals surface area contributed by atoms with Crippen LogP contribution in [0.1, 0.15) is 13.8 Å². The highest BCUT2D eigenvalue weighted by Gasteiger charge is 2.36. The van der Waals surface area contributed by atoms with Crippen LogP contribution in [0.15, 0.2) is 28.7 Å². The number of hydrogen-bond acceptors (Lipinski definition) is 3. The molecule has 0 atom stereocenters. The van der Waals surface area contributed by atoms with Crippen molar-refractivity contribution in [2.75, 3.05) is 13.2 Å². The van der Waals surface area contributed by atoms with E-state index in [4.69, 9.17) is 13.7 Å². The van der Waals surface area contributed by atoms with Gasteiger partial charge in [0.05, 0.1) is 0 Å². The van der Waals surface area contributed by atoms with Crippen molar-refractivity contribution in [2.45, 2.75) is 13.8 Å². The molecule has 1 aromatic carbocycles. The van der Waals surface area contributed by atoms with E-state index in [2.05, 4.69) is 13.8 Å². The Morgan fingerprint density at radius 1 is 1.22 bits per heavy atom. The van der Waals surface area contributed by atoms with Gasteiger partial charge in [0.1, 0.15) is 5.66 Å². The molecule has 0 unspecified atom stereocenters. The van der Waals surface area contributed by atoms with Crippen LogP contribution in [-0.2, 0) is 9.31 Å². The standard InChI is InChI=1S/C13H14BFO3/c1-13(2)7-16-14(17-8-13)11-6-9-4-3-5-10(15)12(9)18-11/h3-6H,7-8H2,1-2H3. The number of fused-ring (bicyclic) bond motifs is 1. The molecule has 5 heteroatoms. The molecule has 3 rings (SSSR count). The summed E-state index contributed by atoms with van der Waals surface area (Å²) in [4.78, 5) is 0. The van der Waals surface area contributed by atoms with Gasteiger partial charge in [-0.25, -0.2) is 4.39 Å². The second-order valence-electron chi connectivity index (χ2n) is 5.43. The smallest absolute Gasteiger partial charge is 0.462 e. The van der Waals surface area contributed by atoms with Crippen LogP contribution in [0.5, 0.6) is 0 Å². The maximum atomic E-state index is 13.5. The highest BCUT2D eigenvalue weighted by Crippen LogP contribution is 2.23. The summed E-state index contributed by atoms with van der Waals surface area (Å²) in [6, 6.07) is 6.60. The quantitative estimate of drug-likeness (QED) is 0.726. The lowest BCUT2D eigenvalue weighted by molar-refractivity contribution is 0.0327. The lowest BCUT2D eigenvalue weighted by atomic mass is 9.81. The topological polar surface area (TPSA) is 31.6 Å². The molecule has 94 valence electrons. The molecule has 0 spiro atoms. The van der Waals surface area contributed by atoms with Gasteiger partial charge in [-0.15, -0.1) is 0 Å². The fourth-order valence-electron chi connectivity index (χ4n) is 2.02. The van der Waals surface area contributed by atoms with Gasteiger partial charge in [-0.2, -0.15) is 0 Å². The number of halogens is 1. The third-order valence-corrected chi connectivity index (χ3v) is 3.00. The molecule has 18 heavy (non-hydrogen) atoms. The van der Waals surface area contributed by atoms with Gasteiger partial charge in [0.25, 0.3) is 0 Å². The zero-order valence-electron chi connectivity index (χ0n) is 10.4. The minimum Gasteiger partial charge on any atom is -0.462 e. The van der Waals surface area contributed by atoms with E-state index < -0.39 is 7.12 Å². The maximum Gasteiger partial charge on any atom is 0.531 e. The van der Waals surface area contributed by atoms with Gasteiger partial charge in [-0.05, 0) is 12.1 Å². The first-order valence-electron chi connectivity index (χ1n) is 5.96. The van der Waals surface area contributed by atoms with Crippen molar-refractivity contribution in [3.05, 3.63) is 30.1 Å². The van der Waals surface area contributed by atoms with Gasteiger partial charge in [0, 0.05) is 24.0 Å². The molecule has 1 aliphatic heterocycles. The summed E-state index contributed by atoms with van der Waals surface area (Å²) in [5.74, 6) is -0.366. The Hall–Kier alpha value is -1.33. The van der Waals surface area contributed by atoms with Crippen molar-refractivity contribution in [3.63, 3.8) is 0 Å². The third-order valence-electron chi connectivity index (χ3n) is 3.00. The monoisotopic (exact) mass is 248 g/mol. The van der Waals surface area contributed by atoms with E-state index in [-0.39, 0.29) is 16.8 Å². The van der Waals surface area contributed by atoms with Gasteiger partial charge in [-0.3, -0.25) is 0 Å². The van der Waals surface area contributed by atoms with Crippen LogP contribution in [0.2, 0.25) is 0 Å². The molecule has 2 heterocycles. The zero-order chi connectivity index (χ0) is 12.8. The van der Waals surface area contributed by atoms with Gasteiger partial charge in [0.15, 0.2) is 11.4 Å². The van der Waals surface area contributed by atoms with Crippen molar-refractivity contribution in [2.24, 2.45) is 5.41 Å². The Morgan fingerprint density at radius 2 is 1.94 bits per heavy atom. The van der Waals surface area contributed by atoms with Crippen molar-refractivity contribution in [1.82, 2.24) is 0 Å². The molecule has 0 radical (unpaired) electrons. The third kappa shape index (κ3) is 2.04. The van der Waals surface area contributed by atoms with Crippen molar-refractivity contribution >= 4 is 23.7 Å². The summed E-state index contributed by atoms with van der Waals surface area (Å²) in [6.07, 6.45) is 0. The fourth-order valence-corrected chi connectivity index (χ4v) is 2.02. The molecular formula is C13H14BFO3. The maximum absolute atomic E-state index is 13.5. The largest absolute Gasteiger partial charge is 0.531 e. The van der Waals surface area contributed by atoms with Gasteiger partial charge in [0.2, 0.25) is 0 Å². The molecule has 2 aromatic rings. The molecule has 3 nitrogen and oxygen atoms in total. The highest BCUT2D eigenvalue weighted by molar-refractivity contribution is 6.60. The fraction of sp³-hybridized carbons (Fsp3) is 0.385. The van der Waals surface area contributed by atoms with E-state index in [0.717, 1.165) is 5.39 Å². The van der Waals surface area contributed by atoms with Crippen LogP contribution in [0, 0.1) is 11.2 Å². The number of benzene rings is 1. The second-order valence-corrected chi connectivity index (χ2v) is 5.43. The Labute approximate surface area is 105 Å². The summed E-state index contributed by atoms with van der Waals surface area (Å²) < 4.78 is 30.2. The molecule has 0 amide bonds. The van der Waals surface area contributed by atoms with Crippen LogP contribution in [0.25, 0.3) is 11.0 Å². The van der Waals surface area contributed by atoms with Gasteiger partial charge >= 0.3 is 7.12 Å². The van der Waals surface area contributed by atoms with Crippen molar-refractivity contribution in [1.29, 1.82) is 0 Å². The summed E-state index contributed by atoms with van der Waals surface area (Å²) in [5, 5.41) is 0.724. The van der Waals surface area contributed by atoms with Crippen molar-refractivity contribution < 1.29 is 18.1 Å². The second kappa shape index (κ2) is 4.11. The van der Waals surface area contributed by atoms with E-state index in [1.54, 1.807) is 18.2 Å². The molecule has 0 aliphatic carbocycles. The molecule has 0 bridgehead atoms. The van der Waals surface area contributed by atoms with Crippen molar-refractivity contribution in [3.8, 4) is 0 Å². The first kappa shape index (κ1) is 11.7. The van der Waals surface area contributed by atoms with Crippen LogP contribution in [0.4, 0.5) is 4.39 Å². The van der Waals surface area contributed by atoms with Gasteiger partial charge < -0.3 is 13.7 Å². The van der Waals surface area contributed by atoms with E-state index >= 15 is 0 Å². The lowest BCUT2D eigenvalue weighted by Crippen LogP contribution is -2.46. The van der Waals surface area contributed by atoms with Crippen LogP contribution >= 0.6 is 0 Å². The Kier molecular flexibility index (Phi) is 2.68. The summed E-state index contributed by atoms with van der Waals surface area (Å²) in [5.41, 5.74) is 0.781. The molecule has 0 N–H and O–H groups in total. The molecule has 0 saturated carbocycles. The Morgan fingerprint density at radius 3 is 2.61 bits per heavy atom. The van der Waals surface area contributed by atoms with Gasteiger partial charge in [-0.1, -0.05) is 26.0 Å². The summed E-state index contributed by atoms with van der Waals surface area (Å²) in [6.45, 7) is 5.33. The zero-order valence-corrected chi connectivity index (χ0v) is 10.4. The Bertz CT molecular complexity index is 569. The predicted molar refractivity (Wildman–Crippen MR) is 67.2 cm³/mol. The number of hydrogen-bond donors (Lipinski definition) is 0. The average Bonchev–Trinajstić information content (AvgIpc) is 2.74. The first-order chi connectivity index (χ1) is 8.55. The number of para-hydroxylation sites is 1. The molecule has 1 saturated heterocycles. The van der Waals surface area contributed by atoms with E-state index in [1.807, 2.05) is 0 Å². The summed E-state index contributed by atoms with van der Waals surface area (Å²) in [7, 11) is -0.537. The van der Waals surface area contributed by atoms with E-state index in [1.165, 1.54) is 6.07 Å². The molecule has 1 aromatic heterocycles. The predicted octanol–water partition coefficient (Wildman–Crippen LogP) is 2.34. The molecule has 1 fully saturated rings. The van der Waals surface area contributed by atoms with Crippen LogP contribution < -0.4 is 5.66 Å². The van der Waals surface area contributed by atoms with Crippen LogP contribution in [-0.4, -0.2) is 20.3 Å². The number of furan rings is 1. The lowest BCUT2D eigenvalue weighted by Gasteiger charge is -2.32. The van der Waals surface area contributed by atoms with E-state index in [0.29, 0.717) is 18.9 Å². The summed E-state index contributed by atoms with van der Waals surface area (Å²) >= 11 is 0. The minimum absolute atomic E-state index is 0.00770. The molecular weight excluding hydrogens is 234 g/mol. The SMILES string of the molecule is CC1(C)COB(c2cc3cccc(F)c3o2)OC1.